The van der Waals surface area contributed by atoms with E-state index in [9.17, 15) is 4.79 Å². The number of nitrogens with one attached hydrogen (secondary N) is 1. The van der Waals surface area contributed by atoms with Gasteiger partial charge in [-0.1, -0.05) is 0 Å². The predicted octanol–water partition coefficient (Wildman–Crippen LogP) is 2.39. The Morgan fingerprint density at radius 1 is 1.20 bits per heavy atom. The molecular formula is C20H22N2O3. The first-order valence-electron chi connectivity index (χ1n) is 8.83. The number of carbonyl (C=O) groups excluding carboxylic acids is 1. The lowest BCUT2D eigenvalue weighted by Crippen LogP contribution is -2.40. The van der Waals surface area contributed by atoms with E-state index in [2.05, 4.69) is 10.3 Å². The number of hydrogen-bond acceptors (Lipinski definition) is 4. The first kappa shape index (κ1) is 16.1. The van der Waals surface area contributed by atoms with Crippen LogP contribution in [0, 0.1) is 5.92 Å². The molecule has 0 radical (unpaired) electrons. The normalized spacial score (nSPS) is 22.1. The molecule has 0 bridgehead atoms. The number of nitrogens with zero attached hydrogens (tertiary/aromatic N) is 1. The maximum atomic E-state index is 12.7. The van der Waals surface area contributed by atoms with Crippen molar-refractivity contribution in [3.05, 3.63) is 59.4 Å². The largest absolute Gasteiger partial charge is 0.493 e. The average molecular weight is 338 g/mol. The van der Waals surface area contributed by atoms with Crippen molar-refractivity contribution in [1.82, 2.24) is 10.3 Å². The molecule has 25 heavy (non-hydrogen) atoms. The Balaban J connectivity index is 1.43. The van der Waals surface area contributed by atoms with Gasteiger partial charge in [0.1, 0.15) is 5.75 Å². The SMILES string of the molecule is O=C(N[C@H]1COC[C@H]1Cc1ccncc1)c1ccc2c(c1)CCCO2. The lowest BCUT2D eigenvalue weighted by molar-refractivity contribution is 0.0925. The van der Waals surface area contributed by atoms with Gasteiger partial charge >= 0.3 is 0 Å². The zero-order valence-electron chi connectivity index (χ0n) is 14.1. The summed E-state index contributed by atoms with van der Waals surface area (Å²) < 4.78 is 11.2. The third-order valence-corrected chi connectivity index (χ3v) is 4.93. The first-order valence-corrected chi connectivity index (χ1v) is 8.83. The van der Waals surface area contributed by atoms with Crippen LogP contribution in [-0.4, -0.2) is 36.8 Å². The Labute approximate surface area is 147 Å². The monoisotopic (exact) mass is 338 g/mol. The number of hydrogen-bond donors (Lipinski definition) is 1. The number of amides is 1. The van der Waals surface area contributed by atoms with Crippen molar-refractivity contribution in [3.8, 4) is 5.75 Å². The number of rotatable bonds is 4. The van der Waals surface area contributed by atoms with Gasteiger partial charge in [0.05, 0.1) is 25.9 Å². The molecule has 1 aromatic carbocycles. The fourth-order valence-corrected chi connectivity index (χ4v) is 3.53. The minimum absolute atomic E-state index is 0.0351. The van der Waals surface area contributed by atoms with Crippen LogP contribution >= 0.6 is 0 Å². The van der Waals surface area contributed by atoms with Crippen molar-refractivity contribution < 1.29 is 14.3 Å². The molecule has 0 aliphatic carbocycles. The molecule has 130 valence electrons. The summed E-state index contributed by atoms with van der Waals surface area (Å²) in [5.74, 6) is 1.15. The van der Waals surface area contributed by atoms with Gasteiger partial charge in [-0.15, -0.1) is 0 Å². The molecule has 1 amide bonds. The van der Waals surface area contributed by atoms with Crippen molar-refractivity contribution in [3.63, 3.8) is 0 Å². The van der Waals surface area contributed by atoms with E-state index in [1.807, 2.05) is 30.3 Å². The lowest BCUT2D eigenvalue weighted by atomic mass is 9.95. The van der Waals surface area contributed by atoms with E-state index >= 15 is 0 Å². The van der Waals surface area contributed by atoms with Gasteiger partial charge in [-0.3, -0.25) is 9.78 Å². The minimum Gasteiger partial charge on any atom is -0.493 e. The van der Waals surface area contributed by atoms with Crippen LogP contribution in [-0.2, 0) is 17.6 Å². The molecule has 2 aliphatic rings. The van der Waals surface area contributed by atoms with E-state index in [-0.39, 0.29) is 17.9 Å². The second-order valence-corrected chi connectivity index (χ2v) is 6.71. The first-order chi connectivity index (χ1) is 12.3. The van der Waals surface area contributed by atoms with Crippen LogP contribution in [0.5, 0.6) is 5.75 Å². The molecule has 5 heteroatoms. The third kappa shape index (κ3) is 3.66. The quantitative estimate of drug-likeness (QED) is 0.930. The van der Waals surface area contributed by atoms with Crippen LogP contribution in [0.1, 0.15) is 27.9 Å². The smallest absolute Gasteiger partial charge is 0.251 e. The third-order valence-electron chi connectivity index (χ3n) is 4.93. The lowest BCUT2D eigenvalue weighted by Gasteiger charge is -2.21. The predicted molar refractivity (Wildman–Crippen MR) is 93.8 cm³/mol. The standard InChI is InChI=1S/C20H22N2O3/c23-20(16-3-4-19-15(11-16)2-1-9-25-19)22-18-13-24-12-17(18)10-14-5-7-21-8-6-14/h3-8,11,17-18H,1-2,9-10,12-13H2,(H,22,23)/t17-,18+/m1/s1. The van der Waals surface area contributed by atoms with Gasteiger partial charge in [0.25, 0.3) is 5.91 Å². The molecule has 0 spiro atoms. The van der Waals surface area contributed by atoms with Crippen molar-refractivity contribution in [2.45, 2.75) is 25.3 Å². The van der Waals surface area contributed by atoms with Crippen LogP contribution in [0.15, 0.2) is 42.7 Å². The maximum Gasteiger partial charge on any atom is 0.251 e. The molecule has 4 rings (SSSR count). The zero-order chi connectivity index (χ0) is 17.1. The Morgan fingerprint density at radius 2 is 2.08 bits per heavy atom. The van der Waals surface area contributed by atoms with Gasteiger partial charge in [-0.25, -0.2) is 0 Å². The fourth-order valence-electron chi connectivity index (χ4n) is 3.53. The Morgan fingerprint density at radius 3 is 2.96 bits per heavy atom. The number of aryl methyl sites for hydroxylation is 1. The summed E-state index contributed by atoms with van der Waals surface area (Å²) in [5.41, 5.74) is 3.03. The van der Waals surface area contributed by atoms with Crippen molar-refractivity contribution in [1.29, 1.82) is 0 Å². The van der Waals surface area contributed by atoms with Gasteiger partial charge in [0, 0.05) is 23.9 Å². The molecule has 0 unspecified atom stereocenters. The molecule has 5 nitrogen and oxygen atoms in total. The molecule has 1 N–H and O–H groups in total. The van der Waals surface area contributed by atoms with E-state index in [0.717, 1.165) is 37.2 Å². The molecular weight excluding hydrogens is 316 g/mol. The maximum absolute atomic E-state index is 12.7. The van der Waals surface area contributed by atoms with Crippen LogP contribution < -0.4 is 10.1 Å². The highest BCUT2D eigenvalue weighted by molar-refractivity contribution is 5.94. The van der Waals surface area contributed by atoms with Crippen molar-refractivity contribution in [2.75, 3.05) is 19.8 Å². The Bertz CT molecular complexity index is 748. The molecule has 3 heterocycles. The summed E-state index contributed by atoms with van der Waals surface area (Å²) in [6.07, 6.45) is 6.45. The summed E-state index contributed by atoms with van der Waals surface area (Å²) in [6, 6.07) is 9.77. The number of carbonyl (C=O) groups is 1. The summed E-state index contributed by atoms with van der Waals surface area (Å²) in [7, 11) is 0. The Kier molecular flexibility index (Phi) is 4.65. The minimum atomic E-state index is -0.0383. The molecule has 2 aromatic rings. The highest BCUT2D eigenvalue weighted by Crippen LogP contribution is 2.26. The summed E-state index contributed by atoms with van der Waals surface area (Å²) in [6.45, 7) is 2.00. The van der Waals surface area contributed by atoms with Crippen molar-refractivity contribution in [2.24, 2.45) is 5.92 Å². The topological polar surface area (TPSA) is 60.5 Å². The van der Waals surface area contributed by atoms with E-state index in [1.165, 1.54) is 5.56 Å². The van der Waals surface area contributed by atoms with Crippen LogP contribution in [0.4, 0.5) is 0 Å². The number of aromatic nitrogens is 1. The van der Waals surface area contributed by atoms with Crippen LogP contribution in [0.25, 0.3) is 0 Å². The van der Waals surface area contributed by atoms with Crippen molar-refractivity contribution >= 4 is 5.91 Å². The molecule has 1 fully saturated rings. The Hall–Kier alpha value is -2.40. The number of pyridine rings is 1. The fraction of sp³-hybridized carbons (Fsp3) is 0.400. The van der Waals surface area contributed by atoms with Crippen LogP contribution in [0.3, 0.4) is 0 Å². The number of benzene rings is 1. The van der Waals surface area contributed by atoms with E-state index in [1.54, 1.807) is 12.4 Å². The summed E-state index contributed by atoms with van der Waals surface area (Å²) in [4.78, 5) is 16.7. The summed E-state index contributed by atoms with van der Waals surface area (Å²) >= 11 is 0. The van der Waals surface area contributed by atoms with Gasteiger partial charge in [0.15, 0.2) is 0 Å². The molecule has 1 aromatic heterocycles. The molecule has 1 saturated heterocycles. The van der Waals surface area contributed by atoms with Gasteiger partial charge < -0.3 is 14.8 Å². The number of ether oxygens (including phenoxy) is 2. The second kappa shape index (κ2) is 7.23. The molecule has 2 atom stereocenters. The van der Waals surface area contributed by atoms with Gasteiger partial charge in [-0.2, -0.15) is 0 Å². The van der Waals surface area contributed by atoms with E-state index in [4.69, 9.17) is 9.47 Å². The van der Waals surface area contributed by atoms with E-state index in [0.29, 0.717) is 18.8 Å². The second-order valence-electron chi connectivity index (χ2n) is 6.71. The number of fused-ring (bicyclic) bond motifs is 1. The van der Waals surface area contributed by atoms with Crippen LogP contribution in [0.2, 0.25) is 0 Å². The average Bonchev–Trinajstić information content (AvgIpc) is 3.08. The van der Waals surface area contributed by atoms with Gasteiger partial charge in [0.2, 0.25) is 0 Å². The highest BCUT2D eigenvalue weighted by Gasteiger charge is 2.30. The zero-order valence-corrected chi connectivity index (χ0v) is 14.1. The van der Waals surface area contributed by atoms with Gasteiger partial charge in [-0.05, 0) is 60.7 Å². The van der Waals surface area contributed by atoms with E-state index < -0.39 is 0 Å². The molecule has 0 saturated carbocycles. The highest BCUT2D eigenvalue weighted by atomic mass is 16.5. The molecule has 2 aliphatic heterocycles. The summed E-state index contributed by atoms with van der Waals surface area (Å²) in [5, 5.41) is 3.15.